The number of pyridine rings is 1. The third-order valence-corrected chi connectivity index (χ3v) is 4.22. The highest BCUT2D eigenvalue weighted by atomic mass is 32.1. The summed E-state index contributed by atoms with van der Waals surface area (Å²) in [6.07, 6.45) is 5.57. The van der Waals surface area contributed by atoms with Gasteiger partial charge in [0.05, 0.1) is 12.1 Å². The molecule has 1 fully saturated rings. The van der Waals surface area contributed by atoms with Crippen LogP contribution in [0.3, 0.4) is 0 Å². The molecule has 2 atom stereocenters. The normalized spacial score (nSPS) is 23.2. The van der Waals surface area contributed by atoms with Crippen molar-refractivity contribution >= 4 is 16.5 Å². The van der Waals surface area contributed by atoms with E-state index in [1.807, 2.05) is 18.2 Å². The monoisotopic (exact) mass is 276 g/mol. The van der Waals surface area contributed by atoms with E-state index in [1.54, 1.807) is 6.20 Å². The summed E-state index contributed by atoms with van der Waals surface area (Å²) in [5.74, 6) is 0. The van der Waals surface area contributed by atoms with E-state index in [-0.39, 0.29) is 12.1 Å². The summed E-state index contributed by atoms with van der Waals surface area (Å²) in [5, 5.41) is 23.0. The first-order valence-electron chi connectivity index (χ1n) is 6.52. The Labute approximate surface area is 115 Å². The number of aliphatic hydroxyl groups excluding tert-OH is 1. The van der Waals surface area contributed by atoms with Gasteiger partial charge in [-0.15, -0.1) is 10.2 Å². The highest BCUT2D eigenvalue weighted by molar-refractivity contribution is 7.18. The first-order valence-corrected chi connectivity index (χ1v) is 7.34. The van der Waals surface area contributed by atoms with Gasteiger partial charge in [0.1, 0.15) is 5.69 Å². The summed E-state index contributed by atoms with van der Waals surface area (Å²) in [6, 6.07) is 5.82. The first-order chi connectivity index (χ1) is 9.33. The molecule has 2 heterocycles. The predicted octanol–water partition coefficient (Wildman–Crippen LogP) is 2.32. The molecule has 19 heavy (non-hydrogen) atoms. The molecule has 2 N–H and O–H groups in total. The fourth-order valence-electron chi connectivity index (χ4n) is 2.31. The number of aromatic nitrogens is 3. The van der Waals surface area contributed by atoms with E-state index in [2.05, 4.69) is 20.5 Å². The molecule has 0 spiro atoms. The average Bonchev–Trinajstić information content (AvgIpc) is 2.91. The highest BCUT2D eigenvalue weighted by Gasteiger charge is 2.23. The molecule has 0 aliphatic heterocycles. The standard InChI is InChI=1S/C13H16N4OS/c18-11-7-2-1-5-9(11)15-13-17-16-12(19-13)10-6-3-4-8-14-10/h3-4,6,8-9,11,18H,1-2,5,7H2,(H,15,17). The molecule has 1 saturated carbocycles. The molecule has 2 aromatic heterocycles. The van der Waals surface area contributed by atoms with Crippen molar-refractivity contribution in [3.05, 3.63) is 24.4 Å². The summed E-state index contributed by atoms with van der Waals surface area (Å²) in [5.41, 5.74) is 0.831. The van der Waals surface area contributed by atoms with Gasteiger partial charge in [-0.1, -0.05) is 30.2 Å². The van der Waals surface area contributed by atoms with Gasteiger partial charge in [0.2, 0.25) is 5.13 Å². The number of hydrogen-bond donors (Lipinski definition) is 2. The zero-order valence-electron chi connectivity index (χ0n) is 10.5. The van der Waals surface area contributed by atoms with Gasteiger partial charge in [0.25, 0.3) is 0 Å². The van der Waals surface area contributed by atoms with Gasteiger partial charge in [-0.3, -0.25) is 4.98 Å². The molecular weight excluding hydrogens is 260 g/mol. The number of aliphatic hydroxyl groups is 1. The van der Waals surface area contributed by atoms with E-state index in [9.17, 15) is 5.11 Å². The third-order valence-electron chi connectivity index (χ3n) is 3.35. The van der Waals surface area contributed by atoms with Crippen LogP contribution in [-0.2, 0) is 0 Å². The molecule has 2 unspecified atom stereocenters. The van der Waals surface area contributed by atoms with E-state index in [1.165, 1.54) is 11.3 Å². The number of nitrogens with zero attached hydrogens (tertiary/aromatic N) is 3. The molecule has 1 aliphatic rings. The smallest absolute Gasteiger partial charge is 0.206 e. The second-order valence-electron chi connectivity index (χ2n) is 4.73. The van der Waals surface area contributed by atoms with Crippen molar-refractivity contribution in [3.63, 3.8) is 0 Å². The summed E-state index contributed by atoms with van der Waals surface area (Å²) in [6.45, 7) is 0. The van der Waals surface area contributed by atoms with Crippen LogP contribution < -0.4 is 5.32 Å². The molecule has 0 radical (unpaired) electrons. The van der Waals surface area contributed by atoms with E-state index in [4.69, 9.17) is 0 Å². The third kappa shape index (κ3) is 2.90. The van der Waals surface area contributed by atoms with Crippen LogP contribution in [0.25, 0.3) is 10.7 Å². The Balaban J connectivity index is 1.71. The maximum absolute atomic E-state index is 9.94. The van der Waals surface area contributed by atoms with Gasteiger partial charge < -0.3 is 10.4 Å². The van der Waals surface area contributed by atoms with Gasteiger partial charge >= 0.3 is 0 Å². The average molecular weight is 276 g/mol. The summed E-state index contributed by atoms with van der Waals surface area (Å²) in [7, 11) is 0. The summed E-state index contributed by atoms with van der Waals surface area (Å²) in [4.78, 5) is 4.25. The molecule has 5 nitrogen and oxygen atoms in total. The van der Waals surface area contributed by atoms with E-state index >= 15 is 0 Å². The SMILES string of the molecule is OC1CCCCC1Nc1nnc(-c2ccccn2)s1. The number of rotatable bonds is 3. The Hall–Kier alpha value is -1.53. The molecule has 3 rings (SSSR count). The Morgan fingerprint density at radius 3 is 2.89 bits per heavy atom. The zero-order chi connectivity index (χ0) is 13.1. The topological polar surface area (TPSA) is 70.9 Å². The van der Waals surface area contributed by atoms with Crippen LogP contribution >= 0.6 is 11.3 Å². The summed E-state index contributed by atoms with van der Waals surface area (Å²) < 4.78 is 0. The van der Waals surface area contributed by atoms with Crippen molar-refractivity contribution in [2.24, 2.45) is 0 Å². The number of hydrogen-bond acceptors (Lipinski definition) is 6. The van der Waals surface area contributed by atoms with Gasteiger partial charge in [-0.2, -0.15) is 0 Å². The molecule has 6 heteroatoms. The molecule has 0 amide bonds. The van der Waals surface area contributed by atoms with Gasteiger partial charge in [0.15, 0.2) is 5.01 Å². The Bertz CT molecular complexity index is 530. The maximum Gasteiger partial charge on any atom is 0.206 e. The largest absolute Gasteiger partial charge is 0.391 e. The second kappa shape index (κ2) is 5.63. The zero-order valence-corrected chi connectivity index (χ0v) is 11.3. The lowest BCUT2D eigenvalue weighted by molar-refractivity contribution is 0.116. The number of anilines is 1. The Kier molecular flexibility index (Phi) is 3.70. The van der Waals surface area contributed by atoms with Crippen molar-refractivity contribution < 1.29 is 5.11 Å². The van der Waals surface area contributed by atoms with Crippen molar-refractivity contribution in [1.82, 2.24) is 15.2 Å². The van der Waals surface area contributed by atoms with Gasteiger partial charge in [-0.25, -0.2) is 0 Å². The maximum atomic E-state index is 9.94. The van der Waals surface area contributed by atoms with E-state index in [0.717, 1.165) is 41.5 Å². The highest BCUT2D eigenvalue weighted by Crippen LogP contribution is 2.27. The summed E-state index contributed by atoms with van der Waals surface area (Å²) >= 11 is 1.47. The molecule has 2 aromatic rings. The van der Waals surface area contributed by atoms with Crippen LogP contribution in [0.2, 0.25) is 0 Å². The lowest BCUT2D eigenvalue weighted by Gasteiger charge is -2.27. The molecule has 0 bridgehead atoms. The fourth-order valence-corrected chi connectivity index (χ4v) is 3.09. The van der Waals surface area contributed by atoms with Crippen LogP contribution in [-0.4, -0.2) is 32.4 Å². The predicted molar refractivity (Wildman–Crippen MR) is 75.0 cm³/mol. The Morgan fingerprint density at radius 1 is 1.21 bits per heavy atom. The molecule has 0 aromatic carbocycles. The van der Waals surface area contributed by atoms with Crippen molar-refractivity contribution in [2.45, 2.75) is 37.8 Å². The van der Waals surface area contributed by atoms with Crippen molar-refractivity contribution in [2.75, 3.05) is 5.32 Å². The van der Waals surface area contributed by atoms with Crippen molar-refractivity contribution in [1.29, 1.82) is 0 Å². The quantitative estimate of drug-likeness (QED) is 0.900. The van der Waals surface area contributed by atoms with Gasteiger partial charge in [0, 0.05) is 6.20 Å². The van der Waals surface area contributed by atoms with Crippen LogP contribution in [0.1, 0.15) is 25.7 Å². The van der Waals surface area contributed by atoms with Crippen LogP contribution in [0.5, 0.6) is 0 Å². The minimum atomic E-state index is -0.282. The lowest BCUT2D eigenvalue weighted by Crippen LogP contribution is -2.36. The molecular formula is C13H16N4OS. The minimum absolute atomic E-state index is 0.0956. The van der Waals surface area contributed by atoms with Crippen LogP contribution in [0, 0.1) is 0 Å². The fraction of sp³-hybridized carbons (Fsp3) is 0.462. The number of nitrogens with one attached hydrogen (secondary N) is 1. The first kappa shape index (κ1) is 12.5. The van der Waals surface area contributed by atoms with Crippen LogP contribution in [0.4, 0.5) is 5.13 Å². The Morgan fingerprint density at radius 2 is 2.11 bits per heavy atom. The molecule has 0 saturated heterocycles. The minimum Gasteiger partial charge on any atom is -0.391 e. The van der Waals surface area contributed by atoms with Gasteiger partial charge in [-0.05, 0) is 25.0 Å². The van der Waals surface area contributed by atoms with E-state index in [0.29, 0.717) is 0 Å². The second-order valence-corrected chi connectivity index (χ2v) is 5.71. The van der Waals surface area contributed by atoms with Crippen molar-refractivity contribution in [3.8, 4) is 10.7 Å². The lowest BCUT2D eigenvalue weighted by atomic mass is 9.93. The molecule has 1 aliphatic carbocycles. The van der Waals surface area contributed by atoms with E-state index < -0.39 is 0 Å². The van der Waals surface area contributed by atoms with Crippen LogP contribution in [0.15, 0.2) is 24.4 Å². The molecule has 100 valence electrons.